The van der Waals surface area contributed by atoms with E-state index in [0.29, 0.717) is 24.3 Å². The minimum absolute atomic E-state index is 0.263. The van der Waals surface area contributed by atoms with E-state index in [1.165, 1.54) is 0 Å². The summed E-state index contributed by atoms with van der Waals surface area (Å²) in [5.74, 6) is -6.39. The van der Waals surface area contributed by atoms with E-state index in [1.54, 1.807) is 0 Å². The Labute approximate surface area is 211 Å². The second-order valence-corrected chi connectivity index (χ2v) is 6.71. The normalized spacial score (nSPS) is 11.6. The van der Waals surface area contributed by atoms with Crippen molar-refractivity contribution in [1.82, 2.24) is 0 Å². The Kier molecular flexibility index (Phi) is 9.94. The topological polar surface area (TPSA) is 331 Å². The fourth-order valence-electron chi connectivity index (χ4n) is 2.46. The Morgan fingerprint density at radius 1 is 0.641 bits per heavy atom. The zero-order chi connectivity index (χ0) is 30.2. The largest absolute Gasteiger partial charge is 0.501 e. The Balaban J connectivity index is 0.000000314. The number of carbonyl (C=O) groups is 4. The first-order valence-corrected chi connectivity index (χ1v) is 9.49. The summed E-state index contributed by atoms with van der Waals surface area (Å²) < 4.78 is 4.08. The quantitative estimate of drug-likeness (QED) is 0.170. The van der Waals surface area contributed by atoms with Crippen molar-refractivity contribution in [3.8, 4) is 11.5 Å². The minimum Gasteiger partial charge on any atom is -0.501 e. The number of carboxylic acid groups (broad SMARTS) is 2. The summed E-state index contributed by atoms with van der Waals surface area (Å²) in [6.07, 6.45) is 0.525. The maximum Gasteiger partial charge on any atom is 0.340 e. The molecule has 0 spiro atoms. The number of nitro groups is 4. The monoisotopic (exact) mass is 556 g/mol. The molecule has 0 saturated carbocycles. The van der Waals surface area contributed by atoms with Crippen LogP contribution in [-0.2, 0) is 14.3 Å². The Morgan fingerprint density at radius 3 is 1.13 bits per heavy atom. The highest BCUT2D eigenvalue weighted by Crippen LogP contribution is 2.35. The number of hydrogen-bond donors (Lipinski definition) is 4. The van der Waals surface area contributed by atoms with Crippen molar-refractivity contribution >= 4 is 46.6 Å². The van der Waals surface area contributed by atoms with Gasteiger partial charge in [-0.05, 0) is 0 Å². The molecule has 39 heavy (non-hydrogen) atoms. The molecule has 0 aromatic heterocycles. The summed E-state index contributed by atoms with van der Waals surface area (Å²) in [6, 6.07) is 2.07. The van der Waals surface area contributed by atoms with E-state index < -0.39 is 88.9 Å². The van der Waals surface area contributed by atoms with Crippen LogP contribution in [0.3, 0.4) is 0 Å². The number of cyclic esters (lactones) is 2. The van der Waals surface area contributed by atoms with Crippen molar-refractivity contribution in [3.05, 3.63) is 75.8 Å². The van der Waals surface area contributed by atoms with Crippen LogP contribution in [-0.4, -0.2) is 64.0 Å². The molecule has 21 heteroatoms. The number of carboxylic acids is 2. The van der Waals surface area contributed by atoms with Gasteiger partial charge in [-0.1, -0.05) is 0 Å². The van der Waals surface area contributed by atoms with E-state index in [9.17, 15) is 69.8 Å². The molecule has 2 aromatic carbocycles. The van der Waals surface area contributed by atoms with Gasteiger partial charge in [-0.15, -0.1) is 0 Å². The van der Waals surface area contributed by atoms with Crippen LogP contribution in [0, 0.1) is 40.5 Å². The van der Waals surface area contributed by atoms with Gasteiger partial charge >= 0.3 is 35.3 Å². The molecular weight excluding hydrogens is 544 g/mol. The Morgan fingerprint density at radius 2 is 0.949 bits per heavy atom. The summed E-state index contributed by atoms with van der Waals surface area (Å²) in [4.78, 5) is 78.5. The molecule has 1 aliphatic rings. The number of carbonyl (C=O) groups excluding carboxylic acids is 2. The lowest BCUT2D eigenvalue weighted by Gasteiger charge is -2.00. The smallest absolute Gasteiger partial charge is 0.340 e. The van der Waals surface area contributed by atoms with Crippen LogP contribution < -0.4 is 0 Å². The maximum atomic E-state index is 10.6. The fourth-order valence-corrected chi connectivity index (χ4v) is 2.46. The van der Waals surface area contributed by atoms with Crippen LogP contribution in [0.1, 0.15) is 33.6 Å². The number of aromatic hydroxyl groups is 2. The highest BCUT2D eigenvalue weighted by atomic mass is 16.6. The molecule has 21 nitrogen and oxygen atoms in total. The lowest BCUT2D eigenvalue weighted by Crippen LogP contribution is -2.02. The van der Waals surface area contributed by atoms with Crippen molar-refractivity contribution in [2.75, 3.05) is 0 Å². The Hall–Kier alpha value is -6.28. The molecule has 2 aromatic rings. The zero-order valence-electron chi connectivity index (χ0n) is 18.6. The number of non-ortho nitro benzene ring substituents is 2. The molecule has 0 bridgehead atoms. The molecule has 1 fully saturated rings. The predicted octanol–water partition coefficient (Wildman–Crippen LogP) is 1.66. The number of aromatic carboxylic acids is 2. The molecule has 3 rings (SSSR count). The van der Waals surface area contributed by atoms with Gasteiger partial charge in [0.1, 0.15) is 11.1 Å². The summed E-state index contributed by atoms with van der Waals surface area (Å²) in [7, 11) is 0. The number of hydrogen-bond acceptors (Lipinski definition) is 15. The second kappa shape index (κ2) is 12.6. The van der Waals surface area contributed by atoms with Gasteiger partial charge in [0.15, 0.2) is 0 Å². The molecule has 1 aliphatic heterocycles. The summed E-state index contributed by atoms with van der Waals surface area (Å²) in [5.41, 5.74) is -5.37. The number of esters is 2. The molecule has 0 radical (unpaired) electrons. The SMILES string of the molecule is O=C(O)c1cc([N+](=O)[O-])cc([N+](=O)[O-])c1O.O=C(O)c1cc([N+](=O)[O-])cc([N+](=O)[O-])c1O.O=C1CCC(=O)O1. The highest BCUT2D eigenvalue weighted by Gasteiger charge is 2.28. The molecule has 206 valence electrons. The number of benzene rings is 2. The van der Waals surface area contributed by atoms with Gasteiger partial charge in [-0.3, -0.25) is 50.0 Å². The lowest BCUT2D eigenvalue weighted by atomic mass is 10.1. The van der Waals surface area contributed by atoms with E-state index in [-0.39, 0.29) is 12.8 Å². The van der Waals surface area contributed by atoms with Crippen molar-refractivity contribution in [1.29, 1.82) is 0 Å². The highest BCUT2D eigenvalue weighted by molar-refractivity contribution is 5.94. The van der Waals surface area contributed by atoms with E-state index in [0.717, 1.165) is 0 Å². The van der Waals surface area contributed by atoms with Crippen LogP contribution in [0.5, 0.6) is 11.5 Å². The lowest BCUT2D eigenvalue weighted by molar-refractivity contribution is -0.395. The number of nitrogens with zero attached hydrogens (tertiary/aromatic N) is 4. The summed E-state index contributed by atoms with van der Waals surface area (Å²) in [6.45, 7) is 0. The van der Waals surface area contributed by atoms with Crippen LogP contribution >= 0.6 is 0 Å². The molecule has 1 heterocycles. The molecule has 0 aliphatic carbocycles. The standard InChI is InChI=1S/2C7H4N2O7.C4H4O3/c2*10-6-4(7(11)12)1-3(8(13)14)2-5(6)9(15)16;5-3-1-2-4(6)7-3/h2*1-2,10H,(H,11,12);1-2H2. The number of rotatable bonds is 6. The first kappa shape index (κ1) is 30.8. The number of ether oxygens (including phenoxy) is 1. The average molecular weight is 556 g/mol. The number of phenols is 2. The molecule has 0 unspecified atom stereocenters. The van der Waals surface area contributed by atoms with Crippen molar-refractivity contribution in [2.24, 2.45) is 0 Å². The fraction of sp³-hybridized carbons (Fsp3) is 0.111. The minimum atomic E-state index is -1.69. The van der Waals surface area contributed by atoms with Crippen LogP contribution in [0.15, 0.2) is 24.3 Å². The third-order valence-corrected chi connectivity index (χ3v) is 4.19. The first-order valence-electron chi connectivity index (χ1n) is 9.49. The van der Waals surface area contributed by atoms with Gasteiger partial charge in [-0.2, -0.15) is 0 Å². The van der Waals surface area contributed by atoms with Crippen LogP contribution in [0.25, 0.3) is 0 Å². The third-order valence-electron chi connectivity index (χ3n) is 4.19. The van der Waals surface area contributed by atoms with Gasteiger partial charge < -0.3 is 25.2 Å². The van der Waals surface area contributed by atoms with E-state index in [4.69, 9.17) is 10.2 Å². The molecule has 1 saturated heterocycles. The number of nitro benzene ring substituents is 4. The molecule has 4 N–H and O–H groups in total. The molecule has 0 amide bonds. The van der Waals surface area contributed by atoms with E-state index in [1.807, 2.05) is 0 Å². The zero-order valence-corrected chi connectivity index (χ0v) is 18.6. The van der Waals surface area contributed by atoms with Gasteiger partial charge in [0.05, 0.1) is 44.7 Å². The van der Waals surface area contributed by atoms with Gasteiger partial charge in [0.25, 0.3) is 11.4 Å². The first-order chi connectivity index (χ1) is 18.0. The van der Waals surface area contributed by atoms with E-state index >= 15 is 0 Å². The van der Waals surface area contributed by atoms with Gasteiger partial charge in [0, 0.05) is 12.1 Å². The van der Waals surface area contributed by atoms with Gasteiger partial charge in [0.2, 0.25) is 11.5 Å². The Bertz CT molecular complexity index is 1240. The van der Waals surface area contributed by atoms with Crippen molar-refractivity contribution < 1.29 is 64.0 Å². The van der Waals surface area contributed by atoms with Crippen LogP contribution in [0.2, 0.25) is 0 Å². The summed E-state index contributed by atoms with van der Waals surface area (Å²) in [5, 5.41) is 77.1. The predicted molar refractivity (Wildman–Crippen MR) is 117 cm³/mol. The maximum absolute atomic E-state index is 10.6. The molecule has 0 atom stereocenters. The third kappa shape index (κ3) is 8.13. The average Bonchev–Trinajstić information content (AvgIpc) is 3.21. The van der Waals surface area contributed by atoms with Crippen molar-refractivity contribution in [3.63, 3.8) is 0 Å². The van der Waals surface area contributed by atoms with Crippen LogP contribution in [0.4, 0.5) is 22.7 Å². The van der Waals surface area contributed by atoms with Gasteiger partial charge in [-0.25, -0.2) is 9.59 Å². The van der Waals surface area contributed by atoms with Crippen molar-refractivity contribution in [2.45, 2.75) is 12.8 Å². The van der Waals surface area contributed by atoms with E-state index in [2.05, 4.69) is 4.74 Å². The summed E-state index contributed by atoms with van der Waals surface area (Å²) >= 11 is 0. The molecular formula is C18H12N4O17. The second-order valence-electron chi connectivity index (χ2n) is 6.71.